The van der Waals surface area contributed by atoms with Crippen LogP contribution in [0.4, 0.5) is 10.5 Å². The molecule has 3 heterocycles. The number of anilines is 1. The average Bonchev–Trinajstić information content (AvgIpc) is 3.36. The molecule has 0 N–H and O–H groups in total. The highest BCUT2D eigenvalue weighted by atomic mass is 16.6. The first-order valence-electron chi connectivity index (χ1n) is 12.2. The fourth-order valence-electron chi connectivity index (χ4n) is 4.17. The zero-order valence-corrected chi connectivity index (χ0v) is 21.9. The van der Waals surface area contributed by atoms with Gasteiger partial charge in [0, 0.05) is 24.7 Å². The Morgan fingerprint density at radius 2 is 2.03 bits per heavy atom. The highest BCUT2D eigenvalue weighted by Gasteiger charge is 2.32. The summed E-state index contributed by atoms with van der Waals surface area (Å²) in [5.74, 6) is 0.983. The molecule has 1 aromatic rings. The molecule has 1 fully saturated rings. The van der Waals surface area contributed by atoms with Gasteiger partial charge in [0.25, 0.3) is 0 Å². The molecule has 1 aliphatic carbocycles. The van der Waals surface area contributed by atoms with E-state index in [0.717, 1.165) is 18.4 Å². The molecule has 10 nitrogen and oxygen atoms in total. The van der Waals surface area contributed by atoms with Gasteiger partial charge in [-0.05, 0) is 45.8 Å². The van der Waals surface area contributed by atoms with E-state index in [4.69, 9.17) is 23.7 Å². The van der Waals surface area contributed by atoms with Crippen LogP contribution >= 0.6 is 0 Å². The molecule has 10 heteroatoms. The molecule has 2 aliphatic heterocycles. The van der Waals surface area contributed by atoms with Crippen molar-refractivity contribution in [2.24, 2.45) is 0 Å². The number of ether oxygens (including phenoxy) is 5. The fraction of sp³-hybridized carbons (Fsp3) is 0.444. The number of nitrogens with zero attached hydrogens (tertiary/aromatic N) is 3. The molecule has 0 aromatic carbocycles. The van der Waals surface area contributed by atoms with E-state index in [2.05, 4.69) is 11.1 Å². The Morgan fingerprint density at radius 1 is 1.22 bits per heavy atom. The summed E-state index contributed by atoms with van der Waals surface area (Å²) in [6.45, 7) is 6.60. The second-order valence-electron chi connectivity index (χ2n) is 9.78. The van der Waals surface area contributed by atoms with E-state index in [9.17, 15) is 9.59 Å². The number of likely N-dealkylation sites (tertiary alicyclic amines) is 1. The Hall–Kier alpha value is -3.95. The van der Waals surface area contributed by atoms with E-state index in [1.807, 2.05) is 33.0 Å². The third kappa shape index (κ3) is 6.25. The smallest absolute Gasteiger partial charge is 0.410 e. The molecule has 1 amide bonds. The van der Waals surface area contributed by atoms with Crippen LogP contribution in [0.3, 0.4) is 0 Å². The first-order chi connectivity index (χ1) is 17.7. The summed E-state index contributed by atoms with van der Waals surface area (Å²) in [6, 6.07) is 1.65. The third-order valence-electron chi connectivity index (χ3n) is 5.92. The van der Waals surface area contributed by atoms with Gasteiger partial charge in [0.1, 0.15) is 35.0 Å². The van der Waals surface area contributed by atoms with Gasteiger partial charge in [-0.3, -0.25) is 0 Å². The summed E-state index contributed by atoms with van der Waals surface area (Å²) in [5, 5.41) is 0. The molecule has 0 spiro atoms. The molecule has 4 rings (SSSR count). The van der Waals surface area contributed by atoms with E-state index in [-0.39, 0.29) is 23.6 Å². The van der Waals surface area contributed by atoms with E-state index in [1.54, 1.807) is 34.5 Å². The van der Waals surface area contributed by atoms with E-state index < -0.39 is 11.6 Å². The van der Waals surface area contributed by atoms with Gasteiger partial charge in [0.05, 0.1) is 38.8 Å². The van der Waals surface area contributed by atoms with Gasteiger partial charge in [-0.25, -0.2) is 14.6 Å². The Morgan fingerprint density at radius 3 is 2.76 bits per heavy atom. The van der Waals surface area contributed by atoms with Crippen LogP contribution in [0.25, 0.3) is 0 Å². The number of pyridine rings is 1. The zero-order chi connectivity index (χ0) is 26.6. The van der Waals surface area contributed by atoms with Crippen LogP contribution in [0.1, 0.15) is 50.4 Å². The van der Waals surface area contributed by atoms with Crippen molar-refractivity contribution in [3.63, 3.8) is 0 Å². The summed E-state index contributed by atoms with van der Waals surface area (Å²) in [5.41, 5.74) is 1.23. The number of hydrogen-bond acceptors (Lipinski definition) is 9. The minimum absolute atomic E-state index is 0.149. The molecule has 0 radical (unpaired) electrons. The van der Waals surface area contributed by atoms with Crippen molar-refractivity contribution < 1.29 is 33.3 Å². The van der Waals surface area contributed by atoms with Crippen LogP contribution in [0.15, 0.2) is 60.2 Å². The number of methoxy groups -OCH3 is 2. The van der Waals surface area contributed by atoms with Gasteiger partial charge in [-0.1, -0.05) is 6.08 Å². The molecule has 198 valence electrons. The summed E-state index contributed by atoms with van der Waals surface area (Å²) in [6.07, 6.45) is 12.5. The largest absolute Gasteiger partial charge is 0.488 e. The zero-order valence-electron chi connectivity index (χ0n) is 21.9. The standard InChI is InChI=1S/C27H33N3O7/c1-27(2,3)37-26(32)30-11-10-19(16-30)36-22-9-7-6-8-20(22)23-17-29(12-13-35-23)18-14-21(25(31)34-5)24(33-4)28-15-18/h7,9,12-15,17,19H,6,8,10-11,16H2,1-5H3/t19-/m0/s1. The molecule has 37 heavy (non-hydrogen) atoms. The van der Waals surface area contributed by atoms with Crippen LogP contribution in [0, 0.1) is 0 Å². The number of allylic oxidation sites excluding steroid dienone is 3. The summed E-state index contributed by atoms with van der Waals surface area (Å²) < 4.78 is 27.8. The summed E-state index contributed by atoms with van der Waals surface area (Å²) in [4.78, 5) is 32.4. The number of hydrogen-bond donors (Lipinski definition) is 0. The monoisotopic (exact) mass is 511 g/mol. The number of aromatic nitrogens is 1. The SMILES string of the molecule is COC(=O)c1cc(N2C=COC(C3=C(O[C@H]4CCN(C(=O)OC(C)(C)C)C4)C=CCC3)=C2)cnc1OC. The first kappa shape index (κ1) is 26.1. The third-order valence-corrected chi connectivity index (χ3v) is 5.92. The van der Waals surface area contributed by atoms with Crippen LogP contribution in [0.2, 0.25) is 0 Å². The molecule has 1 saturated heterocycles. The molecular weight excluding hydrogens is 478 g/mol. The van der Waals surface area contributed by atoms with Crippen LogP contribution in [-0.2, 0) is 18.9 Å². The lowest BCUT2D eigenvalue weighted by molar-refractivity contribution is 0.0259. The predicted octanol–water partition coefficient (Wildman–Crippen LogP) is 4.66. The normalized spacial score (nSPS) is 19.4. The van der Waals surface area contributed by atoms with Crippen molar-refractivity contribution in [2.45, 2.75) is 51.7 Å². The topological polar surface area (TPSA) is 99.7 Å². The molecule has 1 aromatic heterocycles. The Labute approximate surface area is 216 Å². The number of carbonyl (C=O) groups is 2. The van der Waals surface area contributed by atoms with E-state index >= 15 is 0 Å². The molecule has 0 bridgehead atoms. The Balaban J connectivity index is 1.53. The Kier molecular flexibility index (Phi) is 7.75. The van der Waals surface area contributed by atoms with E-state index in [0.29, 0.717) is 36.7 Å². The predicted molar refractivity (Wildman–Crippen MR) is 136 cm³/mol. The lowest BCUT2D eigenvalue weighted by atomic mass is 10.0. The van der Waals surface area contributed by atoms with Crippen LogP contribution < -0.4 is 9.64 Å². The molecule has 3 aliphatic rings. The van der Waals surface area contributed by atoms with Crippen LogP contribution in [0.5, 0.6) is 5.88 Å². The molecule has 1 atom stereocenters. The van der Waals surface area contributed by atoms with Crippen molar-refractivity contribution in [1.82, 2.24) is 9.88 Å². The van der Waals surface area contributed by atoms with Crippen molar-refractivity contribution in [3.05, 3.63) is 65.7 Å². The number of amides is 1. The first-order valence-corrected chi connectivity index (χ1v) is 12.2. The molecule has 0 unspecified atom stereocenters. The van der Waals surface area contributed by atoms with E-state index in [1.165, 1.54) is 14.2 Å². The highest BCUT2D eigenvalue weighted by Crippen LogP contribution is 2.33. The van der Waals surface area contributed by atoms with Crippen molar-refractivity contribution in [2.75, 3.05) is 32.2 Å². The lowest BCUT2D eigenvalue weighted by Gasteiger charge is -2.26. The average molecular weight is 512 g/mol. The van der Waals surface area contributed by atoms with Crippen molar-refractivity contribution >= 4 is 17.7 Å². The minimum atomic E-state index is -0.543. The second-order valence-corrected chi connectivity index (χ2v) is 9.78. The van der Waals surface area contributed by atoms with Gasteiger partial charge in [0.15, 0.2) is 0 Å². The number of carbonyl (C=O) groups excluding carboxylic acids is 2. The van der Waals surface area contributed by atoms with Crippen molar-refractivity contribution in [3.8, 4) is 5.88 Å². The maximum atomic E-state index is 12.4. The second kappa shape index (κ2) is 11.0. The van der Waals surface area contributed by atoms with Gasteiger partial charge < -0.3 is 33.5 Å². The summed E-state index contributed by atoms with van der Waals surface area (Å²) >= 11 is 0. The maximum absolute atomic E-state index is 12.4. The highest BCUT2D eigenvalue weighted by molar-refractivity contribution is 5.93. The summed E-state index contributed by atoms with van der Waals surface area (Å²) in [7, 11) is 2.76. The van der Waals surface area contributed by atoms with Crippen molar-refractivity contribution in [1.29, 1.82) is 0 Å². The maximum Gasteiger partial charge on any atom is 0.410 e. The fourth-order valence-corrected chi connectivity index (χ4v) is 4.17. The van der Waals surface area contributed by atoms with Gasteiger partial charge in [0.2, 0.25) is 5.88 Å². The Bertz CT molecular complexity index is 1160. The van der Waals surface area contributed by atoms with Gasteiger partial charge in [-0.15, -0.1) is 0 Å². The van der Waals surface area contributed by atoms with Gasteiger partial charge >= 0.3 is 12.1 Å². The molecular formula is C27H33N3O7. The van der Waals surface area contributed by atoms with Crippen LogP contribution in [-0.4, -0.2) is 61.0 Å². The number of esters is 1. The quantitative estimate of drug-likeness (QED) is 0.505. The van der Waals surface area contributed by atoms with Gasteiger partial charge in [-0.2, -0.15) is 0 Å². The number of rotatable bonds is 6. The minimum Gasteiger partial charge on any atom is -0.488 e. The lowest BCUT2D eigenvalue weighted by Crippen LogP contribution is -2.36. The molecule has 0 saturated carbocycles.